The lowest BCUT2D eigenvalue weighted by molar-refractivity contribution is -0.144. The summed E-state index contributed by atoms with van der Waals surface area (Å²) in [5, 5.41) is 0. The van der Waals surface area contributed by atoms with Gasteiger partial charge in [-0.05, 0) is 19.3 Å². The fourth-order valence-electron chi connectivity index (χ4n) is 6.10. The number of carbonyl (C=O) groups is 2. The molecule has 0 spiro atoms. The topological polar surface area (TPSA) is 52.6 Å². The summed E-state index contributed by atoms with van der Waals surface area (Å²) in [7, 11) is 0. The van der Waals surface area contributed by atoms with Crippen molar-refractivity contribution in [3.05, 3.63) is 6.42 Å². The van der Waals surface area contributed by atoms with Crippen LogP contribution in [0.5, 0.6) is 0 Å². The SMILES string of the molecule is CCCCCCCCCCCCCCCCCCOC(=O)C[CH]CC(=O)OCCCCCCCCCCCCCCCCCC. The Balaban J connectivity index is 3.25. The minimum absolute atomic E-state index is 0.188. The van der Waals surface area contributed by atoms with Gasteiger partial charge in [-0.15, -0.1) is 0 Å². The number of hydrogen-bond acceptors (Lipinski definition) is 4. The molecule has 4 nitrogen and oxygen atoms in total. The van der Waals surface area contributed by atoms with Crippen LogP contribution in [0.15, 0.2) is 0 Å². The third kappa shape index (κ3) is 39.0. The smallest absolute Gasteiger partial charge is 0.306 e. The van der Waals surface area contributed by atoms with E-state index in [0.717, 1.165) is 25.7 Å². The number of carbonyl (C=O) groups excluding carboxylic acids is 2. The van der Waals surface area contributed by atoms with Crippen molar-refractivity contribution in [2.75, 3.05) is 13.2 Å². The molecule has 0 unspecified atom stereocenters. The normalized spacial score (nSPS) is 11.2. The summed E-state index contributed by atoms with van der Waals surface area (Å²) in [5.74, 6) is -0.469. The molecule has 45 heavy (non-hydrogen) atoms. The number of esters is 2. The Hall–Kier alpha value is -1.06. The average Bonchev–Trinajstić information content (AvgIpc) is 3.04. The Morgan fingerprint density at radius 1 is 0.333 bits per heavy atom. The maximum absolute atomic E-state index is 11.9. The lowest BCUT2D eigenvalue weighted by atomic mass is 10.0. The molecule has 0 aliphatic heterocycles. The summed E-state index contributed by atoms with van der Waals surface area (Å²) in [6.45, 7) is 5.55. The van der Waals surface area contributed by atoms with Crippen molar-refractivity contribution in [2.24, 2.45) is 0 Å². The molecule has 0 fully saturated rings. The molecule has 4 heteroatoms. The molecule has 0 aliphatic rings. The van der Waals surface area contributed by atoms with Gasteiger partial charge in [0.15, 0.2) is 0 Å². The molecule has 0 saturated heterocycles. The highest BCUT2D eigenvalue weighted by Crippen LogP contribution is 2.15. The zero-order valence-electron chi connectivity index (χ0n) is 30.7. The van der Waals surface area contributed by atoms with Crippen LogP contribution in [0.25, 0.3) is 0 Å². The third-order valence-electron chi connectivity index (χ3n) is 9.14. The van der Waals surface area contributed by atoms with Crippen molar-refractivity contribution in [3.63, 3.8) is 0 Å². The molecule has 0 heterocycles. The maximum Gasteiger partial charge on any atom is 0.306 e. The van der Waals surface area contributed by atoms with Gasteiger partial charge >= 0.3 is 11.9 Å². The van der Waals surface area contributed by atoms with Crippen molar-refractivity contribution >= 4 is 11.9 Å². The molecule has 0 aromatic heterocycles. The molecule has 0 atom stereocenters. The highest BCUT2D eigenvalue weighted by atomic mass is 16.5. The average molecular weight is 636 g/mol. The van der Waals surface area contributed by atoms with Gasteiger partial charge in [0.25, 0.3) is 0 Å². The first-order valence-electron chi connectivity index (χ1n) is 20.3. The second kappa shape index (κ2) is 39.1. The third-order valence-corrected chi connectivity index (χ3v) is 9.14. The van der Waals surface area contributed by atoms with Crippen molar-refractivity contribution in [3.8, 4) is 0 Å². The van der Waals surface area contributed by atoms with Crippen LogP contribution in [0.1, 0.15) is 232 Å². The molecule has 1 radical (unpaired) electrons. The standard InChI is InChI=1S/C41H79O4/c1-3-5-7-9-11-13-15-17-19-21-23-25-27-29-31-33-38-44-40(42)36-35-37-41(43)45-39-34-32-30-28-26-24-22-20-18-16-14-12-10-8-6-4-2/h35H,3-34,36-39H2,1-2H3. The summed E-state index contributed by atoms with van der Waals surface area (Å²) in [6, 6.07) is 0. The molecular formula is C41H79O4. The van der Waals surface area contributed by atoms with Gasteiger partial charge in [-0.2, -0.15) is 0 Å². The first kappa shape index (κ1) is 43.9. The summed E-state index contributed by atoms with van der Waals surface area (Å²) < 4.78 is 10.6. The van der Waals surface area contributed by atoms with E-state index in [1.54, 1.807) is 6.42 Å². The van der Waals surface area contributed by atoms with Crippen LogP contribution >= 0.6 is 0 Å². The molecule has 0 bridgehead atoms. The first-order chi connectivity index (χ1) is 22.2. The monoisotopic (exact) mass is 636 g/mol. The van der Waals surface area contributed by atoms with Crippen LogP contribution in [-0.4, -0.2) is 25.2 Å². The van der Waals surface area contributed by atoms with Crippen LogP contribution < -0.4 is 0 Å². The predicted molar refractivity (Wildman–Crippen MR) is 195 cm³/mol. The number of hydrogen-bond donors (Lipinski definition) is 0. The zero-order chi connectivity index (χ0) is 32.7. The van der Waals surface area contributed by atoms with E-state index in [-0.39, 0.29) is 24.8 Å². The Morgan fingerprint density at radius 2 is 0.533 bits per heavy atom. The van der Waals surface area contributed by atoms with Crippen molar-refractivity contribution in [1.82, 2.24) is 0 Å². The molecular weight excluding hydrogens is 556 g/mol. The van der Waals surface area contributed by atoms with Gasteiger partial charge in [-0.3, -0.25) is 9.59 Å². The Labute approximate surface area is 282 Å². The molecule has 0 rings (SSSR count). The summed E-state index contributed by atoms with van der Waals surface area (Å²) in [5.41, 5.74) is 0. The summed E-state index contributed by atoms with van der Waals surface area (Å²) >= 11 is 0. The van der Waals surface area contributed by atoms with E-state index in [1.807, 2.05) is 0 Å². The van der Waals surface area contributed by atoms with Gasteiger partial charge in [0.1, 0.15) is 0 Å². The van der Waals surface area contributed by atoms with Crippen molar-refractivity contribution in [2.45, 2.75) is 232 Å². The van der Waals surface area contributed by atoms with Gasteiger partial charge in [-0.25, -0.2) is 0 Å². The molecule has 0 aromatic carbocycles. The molecule has 0 aromatic rings. The highest BCUT2D eigenvalue weighted by Gasteiger charge is 2.08. The minimum atomic E-state index is -0.235. The van der Waals surface area contributed by atoms with Gasteiger partial charge in [0.05, 0.1) is 13.2 Å². The van der Waals surface area contributed by atoms with Crippen molar-refractivity contribution < 1.29 is 19.1 Å². The molecule has 0 amide bonds. The number of ether oxygens (including phenoxy) is 2. The van der Waals surface area contributed by atoms with E-state index in [9.17, 15) is 9.59 Å². The van der Waals surface area contributed by atoms with Gasteiger partial charge in [0.2, 0.25) is 0 Å². The fraction of sp³-hybridized carbons (Fsp3) is 0.927. The summed E-state index contributed by atoms with van der Waals surface area (Å²) in [4.78, 5) is 23.8. The van der Waals surface area contributed by atoms with Crippen LogP contribution in [0.3, 0.4) is 0 Å². The van der Waals surface area contributed by atoms with Crippen LogP contribution in [0.4, 0.5) is 0 Å². The molecule has 0 saturated carbocycles. The second-order valence-corrected chi connectivity index (χ2v) is 13.7. The molecule has 267 valence electrons. The number of rotatable bonds is 38. The largest absolute Gasteiger partial charge is 0.466 e. The van der Waals surface area contributed by atoms with E-state index < -0.39 is 0 Å². The van der Waals surface area contributed by atoms with E-state index >= 15 is 0 Å². The van der Waals surface area contributed by atoms with Gasteiger partial charge < -0.3 is 9.47 Å². The fourth-order valence-corrected chi connectivity index (χ4v) is 6.10. The summed E-state index contributed by atoms with van der Waals surface area (Å²) in [6.07, 6.45) is 44.8. The van der Waals surface area contributed by atoms with E-state index in [2.05, 4.69) is 13.8 Å². The Kier molecular flexibility index (Phi) is 38.2. The quantitative estimate of drug-likeness (QED) is 0.0500. The minimum Gasteiger partial charge on any atom is -0.466 e. The Bertz CT molecular complexity index is 540. The van der Waals surface area contributed by atoms with E-state index in [4.69, 9.17) is 9.47 Å². The molecule has 0 N–H and O–H groups in total. The first-order valence-corrected chi connectivity index (χ1v) is 20.3. The number of unbranched alkanes of at least 4 members (excludes halogenated alkanes) is 30. The Morgan fingerprint density at radius 3 is 0.756 bits per heavy atom. The van der Waals surface area contributed by atoms with Gasteiger partial charge in [-0.1, -0.05) is 206 Å². The lowest BCUT2D eigenvalue weighted by Gasteiger charge is -2.06. The predicted octanol–water partition coefficient (Wildman–Crippen LogP) is 13.6. The van der Waals surface area contributed by atoms with Crippen LogP contribution in [-0.2, 0) is 19.1 Å². The van der Waals surface area contributed by atoms with Crippen LogP contribution in [0.2, 0.25) is 0 Å². The highest BCUT2D eigenvalue weighted by molar-refractivity contribution is 5.74. The zero-order valence-corrected chi connectivity index (χ0v) is 30.7. The lowest BCUT2D eigenvalue weighted by Crippen LogP contribution is -2.09. The molecule has 0 aliphatic carbocycles. The van der Waals surface area contributed by atoms with Crippen molar-refractivity contribution in [1.29, 1.82) is 0 Å². The van der Waals surface area contributed by atoms with E-state index in [0.29, 0.717) is 13.2 Å². The maximum atomic E-state index is 11.9. The van der Waals surface area contributed by atoms with Gasteiger partial charge in [0, 0.05) is 12.8 Å². The van der Waals surface area contributed by atoms with E-state index in [1.165, 1.54) is 180 Å². The second-order valence-electron chi connectivity index (χ2n) is 13.7. The van der Waals surface area contributed by atoms with Crippen LogP contribution in [0, 0.1) is 6.42 Å².